The molecule has 3 N–H and O–H groups in total. The molecule has 1 aromatic heterocycles. The first-order chi connectivity index (χ1) is 10.2. The molecule has 0 unspecified atom stereocenters. The van der Waals surface area contributed by atoms with Crippen LogP contribution in [0.2, 0.25) is 5.02 Å². The number of ether oxygens (including phenoxy) is 1. The predicted molar refractivity (Wildman–Crippen MR) is 96.2 cm³/mol. The van der Waals surface area contributed by atoms with E-state index >= 15 is 0 Å². The number of methoxy groups -OCH3 is 1. The molecule has 2 aromatic rings. The highest BCUT2D eigenvalue weighted by Crippen LogP contribution is 2.31. The van der Waals surface area contributed by atoms with E-state index < -0.39 is 0 Å². The van der Waals surface area contributed by atoms with Gasteiger partial charge in [0.15, 0.2) is 0 Å². The molecule has 1 aromatic carbocycles. The van der Waals surface area contributed by atoms with Crippen molar-refractivity contribution in [2.75, 3.05) is 18.2 Å². The second-order valence-corrected chi connectivity index (χ2v) is 7.08. The number of nitrogen functional groups attached to an aromatic ring is 1. The summed E-state index contributed by atoms with van der Waals surface area (Å²) in [6.07, 6.45) is 0. The number of amides is 1. The highest BCUT2D eigenvalue weighted by atomic mass is 35.5. The number of nitrogens with two attached hydrogens (primary N) is 1. The molecule has 6 nitrogen and oxygen atoms in total. The third kappa shape index (κ3) is 4.46. The molecule has 23 heavy (non-hydrogen) atoms. The van der Waals surface area contributed by atoms with Crippen molar-refractivity contribution >= 4 is 52.1 Å². The predicted octanol–water partition coefficient (Wildman–Crippen LogP) is 3.75. The lowest BCUT2D eigenvalue weighted by atomic mass is 9.98. The maximum absolute atomic E-state index is 12.4. The minimum absolute atomic E-state index is 0. The van der Waals surface area contributed by atoms with Crippen molar-refractivity contribution < 1.29 is 9.53 Å². The van der Waals surface area contributed by atoms with E-state index in [0.29, 0.717) is 21.6 Å². The van der Waals surface area contributed by atoms with E-state index in [1.54, 1.807) is 0 Å². The van der Waals surface area contributed by atoms with Crippen LogP contribution in [0.25, 0.3) is 0 Å². The van der Waals surface area contributed by atoms with Crippen molar-refractivity contribution in [3.63, 3.8) is 0 Å². The van der Waals surface area contributed by atoms with Crippen LogP contribution in [0.1, 0.15) is 36.1 Å². The maximum atomic E-state index is 12.4. The Labute approximate surface area is 149 Å². The van der Waals surface area contributed by atoms with Crippen LogP contribution in [0.15, 0.2) is 12.1 Å². The maximum Gasteiger partial charge on any atom is 0.261 e. The Morgan fingerprint density at radius 2 is 2.00 bits per heavy atom. The van der Waals surface area contributed by atoms with Crippen LogP contribution in [0.4, 0.5) is 10.8 Å². The van der Waals surface area contributed by atoms with E-state index in [-0.39, 0.29) is 29.3 Å². The molecule has 0 atom stereocenters. The Morgan fingerprint density at radius 3 is 2.52 bits per heavy atom. The molecular formula is C14H18Cl2N4O2S. The molecule has 0 saturated carbocycles. The van der Waals surface area contributed by atoms with Crippen LogP contribution in [0.5, 0.6) is 5.75 Å². The minimum Gasteiger partial charge on any atom is -0.496 e. The second kappa shape index (κ2) is 7.33. The summed E-state index contributed by atoms with van der Waals surface area (Å²) >= 11 is 7.30. The SMILES string of the molecule is COc1cc(N)c(Cl)cc1C(=O)Nc1nnc(C(C)(C)C)s1.Cl. The van der Waals surface area contributed by atoms with E-state index in [1.807, 2.05) is 20.8 Å². The van der Waals surface area contributed by atoms with Crippen LogP contribution >= 0.6 is 35.3 Å². The number of carbonyl (C=O) groups excluding carboxylic acids is 1. The fourth-order valence-corrected chi connectivity index (χ4v) is 2.62. The fourth-order valence-electron chi connectivity index (χ4n) is 1.66. The van der Waals surface area contributed by atoms with Gasteiger partial charge in [-0.1, -0.05) is 43.7 Å². The lowest BCUT2D eigenvalue weighted by Crippen LogP contribution is -2.13. The Morgan fingerprint density at radius 1 is 1.35 bits per heavy atom. The Kier molecular flexibility index (Phi) is 6.21. The first-order valence-corrected chi connectivity index (χ1v) is 7.70. The van der Waals surface area contributed by atoms with Gasteiger partial charge in [-0.3, -0.25) is 10.1 Å². The lowest BCUT2D eigenvalue weighted by Gasteiger charge is -2.12. The van der Waals surface area contributed by atoms with Gasteiger partial charge in [-0.05, 0) is 6.07 Å². The second-order valence-electron chi connectivity index (χ2n) is 5.69. The molecule has 0 aliphatic rings. The van der Waals surface area contributed by atoms with E-state index in [2.05, 4.69) is 15.5 Å². The zero-order valence-electron chi connectivity index (χ0n) is 13.1. The number of hydrogen-bond donors (Lipinski definition) is 2. The number of rotatable bonds is 3. The minimum atomic E-state index is -0.379. The van der Waals surface area contributed by atoms with E-state index in [4.69, 9.17) is 22.1 Å². The number of aromatic nitrogens is 2. The Balaban J connectivity index is 0.00000264. The topological polar surface area (TPSA) is 90.1 Å². The average molecular weight is 377 g/mol. The van der Waals surface area contributed by atoms with Crippen molar-refractivity contribution in [1.82, 2.24) is 10.2 Å². The zero-order valence-corrected chi connectivity index (χ0v) is 15.5. The van der Waals surface area contributed by atoms with Gasteiger partial charge in [0, 0.05) is 11.5 Å². The number of nitrogens with one attached hydrogen (secondary N) is 1. The quantitative estimate of drug-likeness (QED) is 0.795. The van der Waals surface area contributed by atoms with E-state index in [9.17, 15) is 4.79 Å². The summed E-state index contributed by atoms with van der Waals surface area (Å²) in [7, 11) is 1.46. The molecule has 0 bridgehead atoms. The summed E-state index contributed by atoms with van der Waals surface area (Å²) in [5.41, 5.74) is 6.22. The largest absolute Gasteiger partial charge is 0.496 e. The van der Waals surface area contributed by atoms with E-state index in [0.717, 1.165) is 5.01 Å². The molecule has 0 fully saturated rings. The monoisotopic (exact) mass is 376 g/mol. The van der Waals surface area contributed by atoms with Crippen molar-refractivity contribution in [1.29, 1.82) is 0 Å². The molecule has 9 heteroatoms. The van der Waals surface area contributed by atoms with Gasteiger partial charge in [-0.15, -0.1) is 22.6 Å². The van der Waals surface area contributed by atoms with Gasteiger partial charge in [-0.25, -0.2) is 0 Å². The summed E-state index contributed by atoms with van der Waals surface area (Å²) in [4.78, 5) is 12.4. The van der Waals surface area contributed by atoms with Crippen LogP contribution in [-0.2, 0) is 5.41 Å². The molecule has 126 valence electrons. The molecule has 2 rings (SSSR count). The third-order valence-electron chi connectivity index (χ3n) is 2.85. The van der Waals surface area contributed by atoms with E-state index in [1.165, 1.54) is 30.6 Å². The van der Waals surface area contributed by atoms with Crippen LogP contribution in [0.3, 0.4) is 0 Å². The molecule has 0 aliphatic carbocycles. The van der Waals surface area contributed by atoms with Gasteiger partial charge < -0.3 is 10.5 Å². The number of nitrogens with zero attached hydrogens (tertiary/aromatic N) is 2. The molecule has 1 amide bonds. The first kappa shape index (κ1) is 19.5. The van der Waals surface area contributed by atoms with Crippen molar-refractivity contribution in [2.24, 2.45) is 0 Å². The van der Waals surface area contributed by atoms with Crippen LogP contribution < -0.4 is 15.8 Å². The Hall–Kier alpha value is -1.57. The average Bonchev–Trinajstić information content (AvgIpc) is 2.89. The molecule has 0 saturated heterocycles. The normalized spacial score (nSPS) is 10.8. The molecular weight excluding hydrogens is 359 g/mol. The molecule has 1 heterocycles. The summed E-state index contributed by atoms with van der Waals surface area (Å²) in [6.45, 7) is 6.09. The number of anilines is 2. The zero-order chi connectivity index (χ0) is 16.5. The smallest absolute Gasteiger partial charge is 0.261 e. The first-order valence-electron chi connectivity index (χ1n) is 6.50. The highest BCUT2D eigenvalue weighted by molar-refractivity contribution is 7.15. The standard InChI is InChI=1S/C14H17ClN4O2S.ClH/c1-14(2,3)12-18-19-13(22-12)17-11(20)7-5-8(15)9(16)6-10(7)21-4;/h5-6H,16H2,1-4H3,(H,17,19,20);1H. The van der Waals surface area contributed by atoms with Gasteiger partial charge in [0.1, 0.15) is 10.8 Å². The van der Waals surface area contributed by atoms with Crippen molar-refractivity contribution in [3.05, 3.63) is 27.7 Å². The van der Waals surface area contributed by atoms with Gasteiger partial charge in [-0.2, -0.15) is 0 Å². The summed E-state index contributed by atoms with van der Waals surface area (Å²) < 4.78 is 5.17. The lowest BCUT2D eigenvalue weighted by molar-refractivity contribution is 0.102. The van der Waals surface area contributed by atoms with Crippen LogP contribution in [0, 0.1) is 0 Å². The molecule has 0 spiro atoms. The summed E-state index contributed by atoms with van der Waals surface area (Å²) in [6, 6.07) is 2.98. The summed E-state index contributed by atoms with van der Waals surface area (Å²) in [5, 5.41) is 12.3. The number of benzene rings is 1. The number of carbonyl (C=O) groups is 1. The van der Waals surface area contributed by atoms with Gasteiger partial charge >= 0.3 is 0 Å². The van der Waals surface area contributed by atoms with Gasteiger partial charge in [0.25, 0.3) is 5.91 Å². The number of hydrogen-bond acceptors (Lipinski definition) is 6. The van der Waals surface area contributed by atoms with Crippen molar-refractivity contribution in [3.8, 4) is 5.75 Å². The third-order valence-corrected chi connectivity index (χ3v) is 4.44. The highest BCUT2D eigenvalue weighted by Gasteiger charge is 2.21. The molecule has 0 radical (unpaired) electrons. The summed E-state index contributed by atoms with van der Waals surface area (Å²) in [5.74, 6) is -0.0321. The fraction of sp³-hybridized carbons (Fsp3) is 0.357. The van der Waals surface area contributed by atoms with Gasteiger partial charge in [0.05, 0.1) is 23.4 Å². The Bertz CT molecular complexity index is 713. The van der Waals surface area contributed by atoms with Crippen molar-refractivity contribution in [2.45, 2.75) is 26.2 Å². The molecule has 0 aliphatic heterocycles. The van der Waals surface area contributed by atoms with Crippen LogP contribution in [-0.4, -0.2) is 23.2 Å². The number of halogens is 2. The van der Waals surface area contributed by atoms with Gasteiger partial charge in [0.2, 0.25) is 5.13 Å².